The summed E-state index contributed by atoms with van der Waals surface area (Å²) in [6.07, 6.45) is 7.17. The number of amides is 3. The van der Waals surface area contributed by atoms with Gasteiger partial charge in [0.05, 0.1) is 17.9 Å². The second kappa shape index (κ2) is 9.08. The van der Waals surface area contributed by atoms with Gasteiger partial charge in [0.2, 0.25) is 17.7 Å². The van der Waals surface area contributed by atoms with Gasteiger partial charge >= 0.3 is 0 Å². The third-order valence-electron chi connectivity index (χ3n) is 8.71. The second-order valence-corrected chi connectivity index (χ2v) is 11.0. The van der Waals surface area contributed by atoms with Gasteiger partial charge in [0.25, 0.3) is 0 Å². The first kappa shape index (κ1) is 24.0. The molecule has 2 N–H and O–H groups in total. The molecule has 1 aromatic carbocycles. The summed E-state index contributed by atoms with van der Waals surface area (Å²) in [5.74, 6) is -1.01. The van der Waals surface area contributed by atoms with Crippen molar-refractivity contribution in [1.82, 2.24) is 10.2 Å². The first-order chi connectivity index (χ1) is 16.8. The second-order valence-electron chi connectivity index (χ2n) is 11.0. The van der Waals surface area contributed by atoms with E-state index in [9.17, 15) is 14.4 Å². The van der Waals surface area contributed by atoms with Crippen LogP contribution in [0.2, 0.25) is 0 Å². The van der Waals surface area contributed by atoms with Crippen molar-refractivity contribution in [2.75, 3.05) is 11.9 Å². The zero-order valence-electron chi connectivity index (χ0n) is 21.1. The Labute approximate surface area is 207 Å². The van der Waals surface area contributed by atoms with Crippen LogP contribution in [0.5, 0.6) is 0 Å². The smallest absolute Gasteiger partial charge is 0.246 e. The maximum Gasteiger partial charge on any atom is 0.246 e. The molecule has 188 valence electrons. The lowest BCUT2D eigenvalue weighted by atomic mass is 9.73. The Morgan fingerprint density at radius 3 is 2.74 bits per heavy atom. The number of ether oxygens (including phenoxy) is 1. The largest absolute Gasteiger partial charge is 0.359 e. The number of fused-ring (bicyclic) bond motifs is 1. The first-order valence-corrected chi connectivity index (χ1v) is 13.1. The fourth-order valence-corrected chi connectivity index (χ4v) is 6.74. The van der Waals surface area contributed by atoms with Gasteiger partial charge in [-0.15, -0.1) is 0 Å². The molecular formula is C28H37N3O4. The number of benzene rings is 1. The number of hydrogen-bond acceptors (Lipinski definition) is 4. The molecule has 1 aliphatic carbocycles. The minimum absolute atomic E-state index is 0.0864. The lowest BCUT2D eigenvalue weighted by Crippen LogP contribution is -2.57. The van der Waals surface area contributed by atoms with Crippen molar-refractivity contribution >= 4 is 23.4 Å². The molecule has 3 amide bonds. The molecule has 0 aromatic heterocycles. The Balaban J connectivity index is 1.42. The third-order valence-corrected chi connectivity index (χ3v) is 8.71. The van der Waals surface area contributed by atoms with Crippen LogP contribution in [0.3, 0.4) is 0 Å². The van der Waals surface area contributed by atoms with Crippen LogP contribution in [0, 0.1) is 30.6 Å². The lowest BCUT2D eigenvalue weighted by Gasteiger charge is -2.38. The molecule has 1 saturated carbocycles. The van der Waals surface area contributed by atoms with Crippen molar-refractivity contribution < 1.29 is 19.1 Å². The maximum absolute atomic E-state index is 13.8. The van der Waals surface area contributed by atoms with E-state index in [1.165, 1.54) is 6.42 Å². The van der Waals surface area contributed by atoms with Crippen LogP contribution in [0.15, 0.2) is 36.4 Å². The van der Waals surface area contributed by atoms with Crippen LogP contribution in [0.4, 0.5) is 5.69 Å². The number of nitrogens with zero attached hydrogens (tertiary/aromatic N) is 1. The minimum atomic E-state index is -1.10. The Morgan fingerprint density at radius 2 is 2.00 bits per heavy atom. The van der Waals surface area contributed by atoms with Crippen molar-refractivity contribution in [3.63, 3.8) is 0 Å². The van der Waals surface area contributed by atoms with Gasteiger partial charge in [0.1, 0.15) is 11.6 Å². The summed E-state index contributed by atoms with van der Waals surface area (Å²) in [4.78, 5) is 42.7. The predicted octanol–water partition coefficient (Wildman–Crippen LogP) is 3.44. The van der Waals surface area contributed by atoms with E-state index in [0.29, 0.717) is 24.1 Å². The minimum Gasteiger partial charge on any atom is -0.359 e. The van der Waals surface area contributed by atoms with Gasteiger partial charge < -0.3 is 20.3 Å². The topological polar surface area (TPSA) is 87.7 Å². The number of likely N-dealkylation sites (tertiary alicyclic amines) is 1. The van der Waals surface area contributed by atoms with E-state index in [1.807, 2.05) is 50.3 Å². The maximum atomic E-state index is 13.8. The summed E-state index contributed by atoms with van der Waals surface area (Å²) >= 11 is 0. The van der Waals surface area contributed by atoms with Gasteiger partial charge in [-0.2, -0.15) is 0 Å². The number of anilines is 1. The third kappa shape index (κ3) is 3.88. The van der Waals surface area contributed by atoms with E-state index in [-0.39, 0.29) is 23.8 Å². The summed E-state index contributed by atoms with van der Waals surface area (Å²) in [6, 6.07) is 6.92. The number of nitrogens with one attached hydrogen (secondary N) is 2. The number of carbonyl (C=O) groups excluding carboxylic acids is 3. The normalized spacial score (nSPS) is 37.4. The monoisotopic (exact) mass is 479 g/mol. The van der Waals surface area contributed by atoms with Crippen LogP contribution in [0.1, 0.15) is 52.0 Å². The molecule has 35 heavy (non-hydrogen) atoms. The molecule has 3 aliphatic heterocycles. The van der Waals surface area contributed by atoms with E-state index in [1.54, 1.807) is 4.90 Å². The zero-order chi connectivity index (χ0) is 24.9. The first-order valence-electron chi connectivity index (χ1n) is 13.1. The molecular weight excluding hydrogens is 442 g/mol. The summed E-state index contributed by atoms with van der Waals surface area (Å²) in [7, 11) is 0. The van der Waals surface area contributed by atoms with Crippen LogP contribution in [-0.4, -0.2) is 53.0 Å². The molecule has 3 heterocycles. The van der Waals surface area contributed by atoms with E-state index < -0.39 is 29.6 Å². The fourth-order valence-electron chi connectivity index (χ4n) is 6.74. The van der Waals surface area contributed by atoms with Crippen LogP contribution < -0.4 is 10.6 Å². The molecule has 4 aliphatic rings. The Hall–Kier alpha value is -2.67. The molecule has 8 atom stereocenters. The highest BCUT2D eigenvalue weighted by Crippen LogP contribution is 2.55. The standard InChI is InChI=1S/C28H37N3O4/c1-5-14-31-24(26(33)30-20-11-7-9-17(3)18(20)4)28-13-12-21(35-28)22(23(28)27(31)34)25(32)29-19-10-6-8-16(2)15-19/h6,8,10,12-13,15,17-18,20-24H,5,7,9,11,14H2,1-4H3,(H,29,32)(H,30,33)/t17-,18-,20-,21+,22-,23+,24+,28+/m1/s1. The molecule has 1 aromatic rings. The highest BCUT2D eigenvalue weighted by Gasteiger charge is 2.72. The van der Waals surface area contributed by atoms with Crippen molar-refractivity contribution in [2.45, 2.75) is 77.2 Å². The summed E-state index contributed by atoms with van der Waals surface area (Å²) in [6.45, 7) is 8.86. The van der Waals surface area contributed by atoms with Crippen LogP contribution in [0.25, 0.3) is 0 Å². The molecule has 2 saturated heterocycles. The van der Waals surface area contributed by atoms with Crippen LogP contribution in [-0.2, 0) is 19.1 Å². The summed E-state index contributed by atoms with van der Waals surface area (Å²) in [5, 5.41) is 6.27. The molecule has 3 fully saturated rings. The number of aryl methyl sites for hydroxylation is 1. The Morgan fingerprint density at radius 1 is 1.20 bits per heavy atom. The average Bonchev–Trinajstić information content (AvgIpc) is 3.45. The van der Waals surface area contributed by atoms with Gasteiger partial charge in [0.15, 0.2) is 0 Å². The van der Waals surface area contributed by atoms with Crippen molar-refractivity contribution in [3.05, 3.63) is 42.0 Å². The van der Waals surface area contributed by atoms with Crippen molar-refractivity contribution in [2.24, 2.45) is 23.7 Å². The number of hydrogen-bond donors (Lipinski definition) is 2. The fraction of sp³-hybridized carbons (Fsp3) is 0.607. The van der Waals surface area contributed by atoms with Gasteiger partial charge in [0, 0.05) is 18.3 Å². The average molecular weight is 480 g/mol. The van der Waals surface area contributed by atoms with Crippen LogP contribution >= 0.6 is 0 Å². The van der Waals surface area contributed by atoms with Crippen molar-refractivity contribution in [1.29, 1.82) is 0 Å². The highest BCUT2D eigenvalue weighted by atomic mass is 16.5. The Kier molecular flexibility index (Phi) is 6.24. The molecule has 5 rings (SSSR count). The quantitative estimate of drug-likeness (QED) is 0.612. The number of rotatable bonds is 6. The molecule has 2 bridgehead atoms. The molecule has 0 unspecified atom stereocenters. The SMILES string of the molecule is CCCN1C(=O)[C@@H]2[C@H](C(=O)Nc3cccc(C)c3)[C@@H]3C=C[C@@]2(O3)[C@@H]1C(=O)N[C@@H]1CCC[C@@H](C)[C@H]1C. The Bertz CT molecular complexity index is 1050. The molecule has 0 radical (unpaired) electrons. The van der Waals surface area contributed by atoms with Crippen molar-refractivity contribution in [3.8, 4) is 0 Å². The molecule has 7 heteroatoms. The molecule has 1 spiro atoms. The highest BCUT2D eigenvalue weighted by molar-refractivity contribution is 6.02. The molecule has 7 nitrogen and oxygen atoms in total. The number of carbonyl (C=O) groups is 3. The summed E-state index contributed by atoms with van der Waals surface area (Å²) in [5.41, 5.74) is 0.637. The lowest BCUT2D eigenvalue weighted by molar-refractivity contribution is -0.141. The van der Waals surface area contributed by atoms with E-state index in [4.69, 9.17) is 4.74 Å². The summed E-state index contributed by atoms with van der Waals surface area (Å²) < 4.78 is 6.40. The van der Waals surface area contributed by atoms with Gasteiger partial charge in [-0.3, -0.25) is 14.4 Å². The van der Waals surface area contributed by atoms with Gasteiger partial charge in [-0.05, 0) is 49.3 Å². The zero-order valence-corrected chi connectivity index (χ0v) is 21.1. The predicted molar refractivity (Wildman–Crippen MR) is 133 cm³/mol. The van der Waals surface area contributed by atoms with Gasteiger partial charge in [-0.1, -0.05) is 57.9 Å². The van der Waals surface area contributed by atoms with Gasteiger partial charge in [-0.25, -0.2) is 0 Å². The van der Waals surface area contributed by atoms with E-state index in [0.717, 1.165) is 24.8 Å². The van der Waals surface area contributed by atoms with E-state index >= 15 is 0 Å². The van der Waals surface area contributed by atoms with E-state index in [2.05, 4.69) is 24.5 Å².